The van der Waals surface area contributed by atoms with Crippen molar-refractivity contribution in [3.8, 4) is 5.75 Å². The van der Waals surface area contributed by atoms with Gasteiger partial charge in [0.25, 0.3) is 0 Å². The maximum absolute atomic E-state index is 9.63. The smallest absolute Gasteiger partial charge is 0.146 e. The van der Waals surface area contributed by atoms with E-state index in [4.69, 9.17) is 0 Å². The zero-order valence-corrected chi connectivity index (χ0v) is 14.5. The maximum Gasteiger partial charge on any atom is 0.146 e. The van der Waals surface area contributed by atoms with E-state index in [1.165, 1.54) is 0 Å². The molecule has 0 saturated heterocycles. The summed E-state index contributed by atoms with van der Waals surface area (Å²) in [7, 11) is 0. The van der Waals surface area contributed by atoms with Crippen molar-refractivity contribution >= 4 is 86.3 Å². The van der Waals surface area contributed by atoms with Crippen LogP contribution in [-0.4, -0.2) is 5.11 Å². The fourth-order valence-corrected chi connectivity index (χ4v) is 5.05. The number of phenolic OH excluding ortho intramolecular Hbond substituents is 1. The molecule has 0 fully saturated rings. The minimum absolute atomic E-state index is 0.201. The summed E-state index contributed by atoms with van der Waals surface area (Å²) in [6.07, 6.45) is 0. The summed E-state index contributed by atoms with van der Waals surface area (Å²) in [4.78, 5) is 0. The van der Waals surface area contributed by atoms with Crippen molar-refractivity contribution in [3.63, 3.8) is 0 Å². The fraction of sp³-hybridized carbons (Fsp3) is 0.143. The second kappa shape index (κ2) is 5.14. The van der Waals surface area contributed by atoms with Crippen LogP contribution in [0.3, 0.4) is 0 Å². The monoisotopic (exact) mass is 546 g/mol. The van der Waals surface area contributed by atoms with Gasteiger partial charge in [-0.2, -0.15) is 0 Å². The second-order valence-corrected chi connectivity index (χ2v) is 6.15. The van der Waals surface area contributed by atoms with Gasteiger partial charge in [0.2, 0.25) is 0 Å². The van der Waals surface area contributed by atoms with Crippen LogP contribution < -0.4 is 0 Å². The number of rotatable bonds is 1. The third-order valence-electron chi connectivity index (χ3n) is 1.46. The Kier molecular flexibility index (Phi) is 5.03. The van der Waals surface area contributed by atoms with Crippen molar-refractivity contribution in [2.45, 2.75) is 4.43 Å². The predicted octanol–water partition coefficient (Wildman–Crippen LogP) is 5.38. The van der Waals surface area contributed by atoms with E-state index >= 15 is 0 Å². The average molecular weight is 550 g/mol. The molecule has 1 aromatic rings. The minimum Gasteiger partial charge on any atom is -0.505 e. The molecule has 0 amide bonds. The molecule has 0 aliphatic rings. The van der Waals surface area contributed by atoms with E-state index in [1.807, 2.05) is 0 Å². The van der Waals surface area contributed by atoms with Crippen LogP contribution in [0.5, 0.6) is 5.75 Å². The Balaban J connectivity index is 3.56. The minimum atomic E-state index is 0.201. The summed E-state index contributed by atoms with van der Waals surface area (Å²) in [6, 6.07) is 0. The van der Waals surface area contributed by atoms with Crippen molar-refractivity contribution in [2.24, 2.45) is 0 Å². The Morgan fingerprint density at radius 1 is 0.923 bits per heavy atom. The van der Waals surface area contributed by atoms with Crippen LogP contribution in [0.2, 0.25) is 0 Å². The number of aromatic hydroxyl groups is 1. The zero-order valence-electron chi connectivity index (χ0n) is 6.04. The fourth-order valence-electron chi connectivity index (χ4n) is 0.783. The molecule has 0 saturated carbocycles. The lowest BCUT2D eigenvalue weighted by atomic mass is 10.2. The van der Waals surface area contributed by atoms with E-state index in [0.29, 0.717) is 8.95 Å². The summed E-state index contributed by atoms with van der Waals surface area (Å²) in [6.45, 7) is 0. The molecule has 1 rings (SSSR count). The molecule has 0 aliphatic carbocycles. The van der Waals surface area contributed by atoms with Crippen LogP contribution in [0.1, 0.15) is 5.56 Å². The Morgan fingerprint density at radius 3 is 1.62 bits per heavy atom. The second-order valence-electron chi connectivity index (χ2n) is 2.22. The van der Waals surface area contributed by atoms with Gasteiger partial charge in [-0.25, -0.2) is 0 Å². The van der Waals surface area contributed by atoms with Gasteiger partial charge in [0.15, 0.2) is 0 Å². The van der Waals surface area contributed by atoms with E-state index in [0.717, 1.165) is 18.9 Å². The molecule has 1 aromatic carbocycles. The topological polar surface area (TPSA) is 20.2 Å². The summed E-state index contributed by atoms with van der Waals surface area (Å²) in [5.41, 5.74) is 1.11. The summed E-state index contributed by atoms with van der Waals surface area (Å²) >= 11 is 15.7. The molecule has 0 aromatic heterocycles. The van der Waals surface area contributed by atoms with E-state index in [9.17, 15) is 5.11 Å². The zero-order chi connectivity index (χ0) is 10.2. The molecular formula is C7H3Br4IO. The van der Waals surface area contributed by atoms with Crippen LogP contribution in [0.25, 0.3) is 0 Å². The average Bonchev–Trinajstić information content (AvgIpc) is 2.13. The van der Waals surface area contributed by atoms with Gasteiger partial charge in [-0.15, -0.1) is 0 Å². The SMILES string of the molecule is Oc1c(Br)c(Br)c(CI)c(Br)c1Br. The Bertz CT molecular complexity index is 324. The molecule has 13 heavy (non-hydrogen) atoms. The van der Waals surface area contributed by atoms with Crippen molar-refractivity contribution in [1.29, 1.82) is 0 Å². The number of benzene rings is 1. The van der Waals surface area contributed by atoms with Gasteiger partial charge in [0, 0.05) is 13.4 Å². The van der Waals surface area contributed by atoms with Gasteiger partial charge in [-0.1, -0.05) is 22.6 Å². The summed E-state index contributed by atoms with van der Waals surface area (Å²) in [5.74, 6) is 0.201. The quantitative estimate of drug-likeness (QED) is 0.284. The lowest BCUT2D eigenvalue weighted by molar-refractivity contribution is 0.467. The molecule has 0 bridgehead atoms. The van der Waals surface area contributed by atoms with Gasteiger partial charge >= 0.3 is 0 Å². The third kappa shape index (κ3) is 2.43. The molecule has 6 heteroatoms. The Hall–Kier alpha value is 1.67. The number of hydrogen-bond acceptors (Lipinski definition) is 1. The lowest BCUT2D eigenvalue weighted by Crippen LogP contribution is -1.87. The molecule has 0 unspecified atom stereocenters. The van der Waals surface area contributed by atoms with Gasteiger partial charge in [-0.05, 0) is 69.3 Å². The Morgan fingerprint density at radius 2 is 1.31 bits per heavy atom. The number of phenols is 1. The highest BCUT2D eigenvalue weighted by molar-refractivity contribution is 14.1. The van der Waals surface area contributed by atoms with Crippen molar-refractivity contribution in [2.75, 3.05) is 0 Å². The highest BCUT2D eigenvalue weighted by atomic mass is 127. The first-order valence-corrected chi connectivity index (χ1v) is 7.80. The van der Waals surface area contributed by atoms with Gasteiger partial charge in [0.1, 0.15) is 5.75 Å². The molecular weight excluding hydrogens is 547 g/mol. The third-order valence-corrected chi connectivity index (χ3v) is 6.59. The van der Waals surface area contributed by atoms with Crippen LogP contribution in [0.15, 0.2) is 17.9 Å². The predicted molar refractivity (Wildman–Crippen MR) is 76.6 cm³/mol. The van der Waals surface area contributed by atoms with E-state index in [-0.39, 0.29) is 5.75 Å². The Labute approximate surface area is 123 Å². The normalized spacial score (nSPS) is 10.5. The van der Waals surface area contributed by atoms with Crippen LogP contribution in [0, 0.1) is 0 Å². The van der Waals surface area contributed by atoms with E-state index < -0.39 is 0 Å². The van der Waals surface area contributed by atoms with Crippen molar-refractivity contribution in [1.82, 2.24) is 0 Å². The maximum atomic E-state index is 9.63. The molecule has 1 N–H and O–H groups in total. The van der Waals surface area contributed by atoms with Gasteiger partial charge in [0.05, 0.1) is 8.95 Å². The van der Waals surface area contributed by atoms with Gasteiger partial charge in [-0.3, -0.25) is 0 Å². The highest BCUT2D eigenvalue weighted by Gasteiger charge is 2.17. The first-order valence-electron chi connectivity index (χ1n) is 3.10. The number of hydrogen-bond donors (Lipinski definition) is 1. The molecule has 1 nitrogen and oxygen atoms in total. The first-order chi connectivity index (χ1) is 6.00. The van der Waals surface area contributed by atoms with Crippen molar-refractivity contribution in [3.05, 3.63) is 23.5 Å². The summed E-state index contributed by atoms with van der Waals surface area (Å²) in [5, 5.41) is 9.63. The molecule has 0 heterocycles. The number of alkyl halides is 1. The highest BCUT2D eigenvalue weighted by Crippen LogP contribution is 2.46. The molecule has 0 aliphatic heterocycles. The van der Waals surface area contributed by atoms with Crippen LogP contribution in [0.4, 0.5) is 0 Å². The lowest BCUT2D eigenvalue weighted by Gasteiger charge is -2.10. The number of halogens is 5. The van der Waals surface area contributed by atoms with Crippen LogP contribution in [-0.2, 0) is 4.43 Å². The molecule has 0 spiro atoms. The molecule has 0 radical (unpaired) electrons. The first kappa shape index (κ1) is 12.7. The summed E-state index contributed by atoms with van der Waals surface area (Å²) < 4.78 is 3.98. The molecule has 72 valence electrons. The molecule has 0 atom stereocenters. The standard InChI is InChI=1S/C7H3Br4IO/c8-3-2(1-12)4(9)6(11)7(13)5(3)10/h13H,1H2. The largest absolute Gasteiger partial charge is 0.505 e. The van der Waals surface area contributed by atoms with E-state index in [2.05, 4.69) is 86.3 Å². The van der Waals surface area contributed by atoms with Crippen LogP contribution >= 0.6 is 86.3 Å². The van der Waals surface area contributed by atoms with Crippen molar-refractivity contribution < 1.29 is 5.11 Å². The van der Waals surface area contributed by atoms with E-state index in [1.54, 1.807) is 0 Å². The van der Waals surface area contributed by atoms with Gasteiger partial charge < -0.3 is 5.11 Å².